The first-order valence-corrected chi connectivity index (χ1v) is 19.7. The van der Waals surface area contributed by atoms with Crippen molar-refractivity contribution in [3.05, 3.63) is 66.4 Å². The number of piperidine rings is 1. The number of aromatic nitrogens is 5. The van der Waals surface area contributed by atoms with Crippen LogP contribution in [0, 0.1) is 17.1 Å². The summed E-state index contributed by atoms with van der Waals surface area (Å²) in [6.07, 6.45) is 4.82. The van der Waals surface area contributed by atoms with Crippen molar-refractivity contribution >= 4 is 25.0 Å². The SMILES string of the molecule is C[Si](C)(C)CCOCn1ccc2c(-c3ccn(C4(CC#N)CN(C5CCN(C(=O)c6ccnc(C(F)(F)F)c6F)CC5)C4)c3)ncnc21. The van der Waals surface area contributed by atoms with Gasteiger partial charge in [0.1, 0.15) is 18.7 Å². The van der Waals surface area contributed by atoms with Crippen molar-refractivity contribution in [3.8, 4) is 17.3 Å². The van der Waals surface area contributed by atoms with Gasteiger partial charge in [0.05, 0.1) is 29.3 Å². The van der Waals surface area contributed by atoms with Gasteiger partial charge in [-0.25, -0.2) is 19.3 Å². The fourth-order valence-corrected chi connectivity index (χ4v) is 7.36. The van der Waals surface area contributed by atoms with E-state index in [1.807, 2.05) is 35.3 Å². The van der Waals surface area contributed by atoms with E-state index in [4.69, 9.17) is 4.74 Å². The standard InChI is InChI=1S/C33H38F4N8O2Si/c1-48(2,3)17-16-47-22-43-14-8-26-28(40-21-41-30(26)43)23-5-15-45(18-23)32(9-10-38)19-44(20-32)24-6-12-42(13-7-24)31(46)25-4-11-39-29(27(25)34)33(35,36)37/h4-5,8,11,14-15,18,21,24H,6-7,9,12-13,16-17,19-20,22H2,1-3H3. The molecular weight excluding hydrogens is 644 g/mol. The zero-order valence-corrected chi connectivity index (χ0v) is 28.2. The number of ether oxygens (including phenoxy) is 1. The quantitative estimate of drug-likeness (QED) is 0.115. The molecule has 0 bridgehead atoms. The number of fused-ring (bicyclic) bond motifs is 1. The van der Waals surface area contributed by atoms with Gasteiger partial charge in [-0.15, -0.1) is 0 Å². The molecule has 2 saturated heterocycles. The molecule has 254 valence electrons. The van der Waals surface area contributed by atoms with Gasteiger partial charge in [-0.05, 0) is 37.1 Å². The second kappa shape index (κ2) is 13.1. The number of nitriles is 1. The van der Waals surface area contributed by atoms with Crippen LogP contribution in [-0.2, 0) is 23.2 Å². The Labute approximate surface area is 277 Å². The molecule has 15 heteroatoms. The molecule has 6 rings (SSSR count). The Morgan fingerprint density at radius 2 is 1.85 bits per heavy atom. The molecule has 1 amide bonds. The maximum absolute atomic E-state index is 14.6. The number of alkyl halides is 3. The average Bonchev–Trinajstić information content (AvgIpc) is 3.68. The number of carbonyl (C=O) groups excluding carboxylic acids is 1. The minimum Gasteiger partial charge on any atom is -0.361 e. The van der Waals surface area contributed by atoms with Crippen molar-refractivity contribution in [2.45, 2.75) is 69.4 Å². The van der Waals surface area contributed by atoms with Crippen LogP contribution in [0.2, 0.25) is 25.7 Å². The fraction of sp³-hybridized carbons (Fsp3) is 0.485. The maximum Gasteiger partial charge on any atom is 0.436 e. The molecule has 10 nitrogen and oxygen atoms in total. The van der Waals surface area contributed by atoms with Gasteiger partial charge in [0.2, 0.25) is 0 Å². The summed E-state index contributed by atoms with van der Waals surface area (Å²) in [6.45, 7) is 9.92. The van der Waals surface area contributed by atoms with Crippen molar-refractivity contribution in [2.75, 3.05) is 32.8 Å². The summed E-state index contributed by atoms with van der Waals surface area (Å²) < 4.78 is 63.9. The number of halogens is 4. The van der Waals surface area contributed by atoms with E-state index >= 15 is 0 Å². The molecule has 0 spiro atoms. The first kappa shape index (κ1) is 33.8. The van der Waals surface area contributed by atoms with Crippen molar-refractivity contribution in [2.24, 2.45) is 0 Å². The van der Waals surface area contributed by atoms with Gasteiger partial charge in [0, 0.05) is 82.6 Å². The molecule has 0 N–H and O–H groups in total. The number of amides is 1. The molecule has 2 aliphatic rings. The fourth-order valence-electron chi connectivity index (χ4n) is 6.60. The third kappa shape index (κ3) is 6.74. The van der Waals surface area contributed by atoms with Crippen LogP contribution < -0.4 is 0 Å². The third-order valence-corrected chi connectivity index (χ3v) is 11.1. The lowest BCUT2D eigenvalue weighted by molar-refractivity contribution is -0.143. The molecule has 2 aliphatic heterocycles. The first-order chi connectivity index (χ1) is 22.8. The highest BCUT2D eigenvalue weighted by molar-refractivity contribution is 6.76. The Bertz CT molecular complexity index is 1830. The molecular formula is C33H38F4N8O2Si. The lowest BCUT2D eigenvalue weighted by Gasteiger charge is -2.54. The molecule has 6 heterocycles. The van der Waals surface area contributed by atoms with E-state index < -0.39 is 42.8 Å². The van der Waals surface area contributed by atoms with Gasteiger partial charge in [0.15, 0.2) is 11.5 Å². The summed E-state index contributed by atoms with van der Waals surface area (Å²) in [5.41, 5.74) is -0.242. The smallest absolute Gasteiger partial charge is 0.361 e. The number of hydrogen-bond donors (Lipinski definition) is 0. The van der Waals surface area contributed by atoms with Crippen LogP contribution in [0.3, 0.4) is 0 Å². The Balaban J connectivity index is 1.10. The zero-order valence-electron chi connectivity index (χ0n) is 27.2. The summed E-state index contributed by atoms with van der Waals surface area (Å²) in [6, 6.07) is 8.54. The molecule has 4 aromatic heterocycles. The Kier molecular flexibility index (Phi) is 9.18. The Hall–Kier alpha value is -4.13. The molecule has 0 aromatic carbocycles. The summed E-state index contributed by atoms with van der Waals surface area (Å²) in [5, 5.41) is 10.7. The largest absolute Gasteiger partial charge is 0.436 e. The van der Waals surface area contributed by atoms with Gasteiger partial charge in [-0.2, -0.15) is 18.4 Å². The van der Waals surface area contributed by atoms with Crippen LogP contribution in [0.15, 0.2) is 49.3 Å². The number of pyridine rings is 1. The lowest BCUT2D eigenvalue weighted by atomic mass is 9.83. The summed E-state index contributed by atoms with van der Waals surface area (Å²) in [7, 11) is -1.19. The number of likely N-dealkylation sites (tertiary alicyclic amines) is 2. The Morgan fingerprint density at radius 1 is 1.10 bits per heavy atom. The molecule has 0 aliphatic carbocycles. The van der Waals surface area contributed by atoms with Gasteiger partial charge < -0.3 is 18.8 Å². The Morgan fingerprint density at radius 3 is 2.54 bits per heavy atom. The summed E-state index contributed by atoms with van der Waals surface area (Å²) >= 11 is 0. The molecule has 0 saturated carbocycles. The van der Waals surface area contributed by atoms with Crippen molar-refractivity contribution in [1.82, 2.24) is 33.9 Å². The highest BCUT2D eigenvalue weighted by atomic mass is 28.3. The molecule has 0 atom stereocenters. The number of carbonyl (C=O) groups is 1. The predicted octanol–water partition coefficient (Wildman–Crippen LogP) is 5.99. The van der Waals surface area contributed by atoms with Crippen LogP contribution in [0.4, 0.5) is 17.6 Å². The van der Waals surface area contributed by atoms with E-state index in [0.717, 1.165) is 40.6 Å². The van der Waals surface area contributed by atoms with Crippen molar-refractivity contribution in [3.63, 3.8) is 0 Å². The normalized spacial score (nSPS) is 17.4. The topological polar surface area (TPSA) is 105 Å². The van der Waals surface area contributed by atoms with Crippen molar-refractivity contribution in [1.29, 1.82) is 5.26 Å². The maximum atomic E-state index is 14.6. The third-order valence-electron chi connectivity index (χ3n) is 9.36. The monoisotopic (exact) mass is 682 g/mol. The molecule has 2 fully saturated rings. The van der Waals surface area contributed by atoms with E-state index in [0.29, 0.717) is 45.7 Å². The van der Waals surface area contributed by atoms with Crippen LogP contribution in [0.25, 0.3) is 22.3 Å². The van der Waals surface area contributed by atoms with E-state index in [-0.39, 0.29) is 19.1 Å². The van der Waals surface area contributed by atoms with Crippen LogP contribution in [-0.4, -0.2) is 86.7 Å². The number of hydrogen-bond acceptors (Lipinski definition) is 7. The van der Waals surface area contributed by atoms with Gasteiger partial charge >= 0.3 is 6.18 Å². The van der Waals surface area contributed by atoms with Gasteiger partial charge in [0.25, 0.3) is 5.91 Å². The van der Waals surface area contributed by atoms with E-state index in [9.17, 15) is 27.6 Å². The second-order valence-corrected chi connectivity index (χ2v) is 19.5. The second-order valence-electron chi connectivity index (χ2n) is 13.9. The van der Waals surface area contributed by atoms with Crippen LogP contribution >= 0.6 is 0 Å². The van der Waals surface area contributed by atoms with Gasteiger partial charge in [-0.1, -0.05) is 19.6 Å². The predicted molar refractivity (Wildman–Crippen MR) is 173 cm³/mol. The summed E-state index contributed by atoms with van der Waals surface area (Å²) in [5.74, 6) is -2.42. The van der Waals surface area contributed by atoms with E-state index in [1.165, 1.54) is 4.90 Å². The average molecular weight is 683 g/mol. The number of rotatable bonds is 10. The lowest BCUT2D eigenvalue weighted by Crippen LogP contribution is -2.66. The first-order valence-electron chi connectivity index (χ1n) is 16.0. The molecule has 4 aromatic rings. The zero-order chi connectivity index (χ0) is 34.3. The molecule has 0 radical (unpaired) electrons. The summed E-state index contributed by atoms with van der Waals surface area (Å²) in [4.78, 5) is 28.8. The van der Waals surface area contributed by atoms with Crippen molar-refractivity contribution < 1.29 is 27.1 Å². The van der Waals surface area contributed by atoms with E-state index in [1.54, 1.807) is 6.33 Å². The van der Waals surface area contributed by atoms with Crippen LogP contribution in [0.1, 0.15) is 35.3 Å². The highest BCUT2D eigenvalue weighted by Crippen LogP contribution is 2.38. The minimum absolute atomic E-state index is 0.123. The number of nitrogens with zero attached hydrogens (tertiary/aromatic N) is 8. The van der Waals surface area contributed by atoms with Crippen LogP contribution in [0.5, 0.6) is 0 Å². The minimum atomic E-state index is -4.99. The van der Waals surface area contributed by atoms with E-state index in [2.05, 4.69) is 50.1 Å². The molecule has 48 heavy (non-hydrogen) atoms. The highest BCUT2D eigenvalue weighted by Gasteiger charge is 2.47. The van der Waals surface area contributed by atoms with Gasteiger partial charge in [-0.3, -0.25) is 9.69 Å². The molecule has 0 unspecified atom stereocenters.